The molecule has 0 atom stereocenters. The van der Waals surface area contributed by atoms with Crippen LogP contribution in [0.2, 0.25) is 0 Å². The molecule has 0 fully saturated rings. The number of carbonyl (C=O) groups excluding carboxylic acids is 3. The number of anilines is 1. The van der Waals surface area contributed by atoms with Crippen LogP contribution < -0.4 is 15.8 Å². The predicted octanol–water partition coefficient (Wildman–Crippen LogP) is 2.47. The Morgan fingerprint density at radius 3 is 2.30 bits per heavy atom. The molecule has 142 valence electrons. The summed E-state index contributed by atoms with van der Waals surface area (Å²) in [6.45, 7) is 3.41. The number of rotatable bonds is 8. The van der Waals surface area contributed by atoms with Crippen molar-refractivity contribution in [3.05, 3.63) is 59.7 Å². The van der Waals surface area contributed by atoms with Crippen molar-refractivity contribution in [1.29, 1.82) is 0 Å². The van der Waals surface area contributed by atoms with Gasteiger partial charge < -0.3 is 20.5 Å². The van der Waals surface area contributed by atoms with E-state index in [1.807, 2.05) is 32.0 Å². The summed E-state index contributed by atoms with van der Waals surface area (Å²) in [5.41, 5.74) is 6.95. The van der Waals surface area contributed by atoms with Crippen LogP contribution in [0.5, 0.6) is 5.75 Å². The van der Waals surface area contributed by atoms with Gasteiger partial charge in [-0.15, -0.1) is 0 Å². The molecule has 0 radical (unpaired) electrons. The smallest absolute Gasteiger partial charge is 0.338 e. The molecule has 0 aromatic heterocycles. The van der Waals surface area contributed by atoms with Crippen molar-refractivity contribution >= 4 is 23.5 Å². The molecule has 0 aliphatic rings. The number of amides is 2. The third-order valence-electron chi connectivity index (χ3n) is 3.66. The average Bonchev–Trinajstić information content (AvgIpc) is 2.65. The molecule has 0 heterocycles. The number of nitrogens with two attached hydrogens (primary N) is 1. The van der Waals surface area contributed by atoms with Crippen LogP contribution in [0.25, 0.3) is 0 Å². The lowest BCUT2D eigenvalue weighted by atomic mass is 10.0. The van der Waals surface area contributed by atoms with Gasteiger partial charge in [-0.05, 0) is 41.8 Å². The summed E-state index contributed by atoms with van der Waals surface area (Å²) < 4.78 is 10.1. The van der Waals surface area contributed by atoms with Gasteiger partial charge in [-0.1, -0.05) is 32.0 Å². The molecule has 0 spiro atoms. The third-order valence-corrected chi connectivity index (χ3v) is 3.66. The first-order valence-corrected chi connectivity index (χ1v) is 8.44. The Kier molecular flexibility index (Phi) is 6.93. The molecule has 0 saturated carbocycles. The zero-order chi connectivity index (χ0) is 19.8. The van der Waals surface area contributed by atoms with Gasteiger partial charge in [0.15, 0.2) is 13.2 Å². The van der Waals surface area contributed by atoms with Crippen molar-refractivity contribution in [1.82, 2.24) is 0 Å². The van der Waals surface area contributed by atoms with Crippen LogP contribution in [-0.2, 0) is 14.3 Å². The Balaban J connectivity index is 1.88. The second kappa shape index (κ2) is 9.38. The standard InChI is InChI=1S/C20H22N2O5/c1-13(2)16-5-3-4-6-17(16)22-19(24)12-27-20(25)14-7-9-15(10-8-14)26-11-18(21)23/h3-10,13H,11-12H2,1-2H3,(H2,21,23)(H,22,24). The number of primary amides is 1. The molecular formula is C20H22N2O5. The van der Waals surface area contributed by atoms with E-state index in [0.29, 0.717) is 11.4 Å². The van der Waals surface area contributed by atoms with E-state index in [4.69, 9.17) is 15.2 Å². The molecule has 0 aliphatic carbocycles. The van der Waals surface area contributed by atoms with Gasteiger partial charge in [-0.25, -0.2) is 4.79 Å². The number of hydrogen-bond donors (Lipinski definition) is 2. The maximum atomic E-state index is 12.1. The van der Waals surface area contributed by atoms with Gasteiger partial charge in [0.1, 0.15) is 5.75 Å². The number of benzene rings is 2. The topological polar surface area (TPSA) is 108 Å². The Hall–Kier alpha value is -3.35. The van der Waals surface area contributed by atoms with Gasteiger partial charge in [0.25, 0.3) is 11.8 Å². The highest BCUT2D eigenvalue weighted by Crippen LogP contribution is 2.23. The van der Waals surface area contributed by atoms with E-state index in [0.717, 1.165) is 5.56 Å². The van der Waals surface area contributed by atoms with Crippen molar-refractivity contribution in [2.45, 2.75) is 19.8 Å². The maximum Gasteiger partial charge on any atom is 0.338 e. The molecule has 0 saturated heterocycles. The second-order valence-corrected chi connectivity index (χ2v) is 6.15. The molecule has 7 nitrogen and oxygen atoms in total. The van der Waals surface area contributed by atoms with E-state index in [9.17, 15) is 14.4 Å². The molecule has 2 aromatic rings. The lowest BCUT2D eigenvalue weighted by molar-refractivity contribution is -0.120. The summed E-state index contributed by atoms with van der Waals surface area (Å²) >= 11 is 0. The Bertz CT molecular complexity index is 815. The fourth-order valence-corrected chi connectivity index (χ4v) is 2.36. The van der Waals surface area contributed by atoms with Crippen LogP contribution >= 0.6 is 0 Å². The highest BCUT2D eigenvalue weighted by atomic mass is 16.5. The van der Waals surface area contributed by atoms with Crippen LogP contribution in [0.15, 0.2) is 48.5 Å². The number of ether oxygens (including phenoxy) is 2. The summed E-state index contributed by atoms with van der Waals surface area (Å²) in [6, 6.07) is 13.5. The van der Waals surface area contributed by atoms with Crippen LogP contribution in [0, 0.1) is 0 Å². The van der Waals surface area contributed by atoms with Crippen molar-refractivity contribution in [3.63, 3.8) is 0 Å². The van der Waals surface area contributed by atoms with E-state index in [1.165, 1.54) is 24.3 Å². The summed E-state index contributed by atoms with van der Waals surface area (Å²) in [5, 5.41) is 2.76. The maximum absolute atomic E-state index is 12.1. The van der Waals surface area contributed by atoms with Crippen LogP contribution in [-0.4, -0.2) is 31.0 Å². The Labute approximate surface area is 157 Å². The minimum Gasteiger partial charge on any atom is -0.484 e. The van der Waals surface area contributed by atoms with Crippen LogP contribution in [0.1, 0.15) is 35.7 Å². The predicted molar refractivity (Wildman–Crippen MR) is 101 cm³/mol. The Morgan fingerprint density at radius 1 is 1.00 bits per heavy atom. The number of nitrogens with one attached hydrogen (secondary N) is 1. The number of para-hydroxylation sites is 1. The van der Waals surface area contributed by atoms with E-state index in [-0.39, 0.29) is 18.1 Å². The molecule has 0 bridgehead atoms. The van der Waals surface area contributed by atoms with Crippen molar-refractivity contribution < 1.29 is 23.9 Å². The highest BCUT2D eigenvalue weighted by molar-refractivity contribution is 5.96. The average molecular weight is 370 g/mol. The molecule has 2 rings (SSSR count). The van der Waals surface area contributed by atoms with Crippen molar-refractivity contribution in [2.75, 3.05) is 18.5 Å². The van der Waals surface area contributed by atoms with Gasteiger partial charge in [-0.2, -0.15) is 0 Å². The van der Waals surface area contributed by atoms with Gasteiger partial charge in [0.05, 0.1) is 5.56 Å². The van der Waals surface area contributed by atoms with E-state index in [1.54, 1.807) is 6.07 Å². The zero-order valence-electron chi connectivity index (χ0n) is 15.2. The molecule has 3 N–H and O–H groups in total. The van der Waals surface area contributed by atoms with Gasteiger partial charge in [-0.3, -0.25) is 9.59 Å². The zero-order valence-corrected chi connectivity index (χ0v) is 15.2. The molecular weight excluding hydrogens is 348 g/mol. The first kappa shape index (κ1) is 20.0. The first-order chi connectivity index (χ1) is 12.9. The fraction of sp³-hybridized carbons (Fsp3) is 0.250. The number of hydrogen-bond acceptors (Lipinski definition) is 5. The van der Waals surface area contributed by atoms with E-state index >= 15 is 0 Å². The summed E-state index contributed by atoms with van der Waals surface area (Å²) in [6.07, 6.45) is 0. The van der Waals surface area contributed by atoms with Gasteiger partial charge >= 0.3 is 5.97 Å². The molecule has 27 heavy (non-hydrogen) atoms. The lowest BCUT2D eigenvalue weighted by Crippen LogP contribution is -2.21. The molecule has 7 heteroatoms. The summed E-state index contributed by atoms with van der Waals surface area (Å²) in [7, 11) is 0. The molecule has 0 unspecified atom stereocenters. The molecule has 2 aromatic carbocycles. The SMILES string of the molecule is CC(C)c1ccccc1NC(=O)COC(=O)c1ccc(OCC(N)=O)cc1. The third kappa shape index (κ3) is 6.14. The van der Waals surface area contributed by atoms with Crippen molar-refractivity contribution in [2.24, 2.45) is 5.73 Å². The second-order valence-electron chi connectivity index (χ2n) is 6.15. The number of carbonyl (C=O) groups is 3. The van der Waals surface area contributed by atoms with Crippen LogP contribution in [0.3, 0.4) is 0 Å². The minimum absolute atomic E-state index is 0.248. The van der Waals surface area contributed by atoms with Gasteiger partial charge in [0.2, 0.25) is 0 Å². The molecule has 0 aliphatic heterocycles. The summed E-state index contributed by atoms with van der Waals surface area (Å²) in [4.78, 5) is 34.8. The van der Waals surface area contributed by atoms with Gasteiger partial charge in [0, 0.05) is 5.69 Å². The highest BCUT2D eigenvalue weighted by Gasteiger charge is 2.13. The largest absolute Gasteiger partial charge is 0.484 e. The fourth-order valence-electron chi connectivity index (χ4n) is 2.36. The van der Waals surface area contributed by atoms with E-state index < -0.39 is 24.4 Å². The van der Waals surface area contributed by atoms with Crippen LogP contribution in [0.4, 0.5) is 5.69 Å². The molecule has 2 amide bonds. The monoisotopic (exact) mass is 370 g/mol. The number of esters is 1. The normalized spacial score (nSPS) is 10.3. The first-order valence-electron chi connectivity index (χ1n) is 8.44. The lowest BCUT2D eigenvalue weighted by Gasteiger charge is -2.13. The summed E-state index contributed by atoms with van der Waals surface area (Å²) in [5.74, 6) is -1.00. The quantitative estimate of drug-likeness (QED) is 0.694. The van der Waals surface area contributed by atoms with Crippen molar-refractivity contribution in [3.8, 4) is 5.75 Å². The van der Waals surface area contributed by atoms with E-state index in [2.05, 4.69) is 5.32 Å². The Morgan fingerprint density at radius 2 is 1.67 bits per heavy atom. The minimum atomic E-state index is -0.635.